The molecule has 322 valence electrons. The highest BCUT2D eigenvalue weighted by Gasteiger charge is 2.45. The van der Waals surface area contributed by atoms with Crippen LogP contribution in [0.5, 0.6) is 0 Å². The Morgan fingerprint density at radius 3 is 2.07 bits per heavy atom. The van der Waals surface area contributed by atoms with Crippen LogP contribution in [-0.4, -0.2) is 154 Å². The average Bonchev–Trinajstić information content (AvgIpc) is 3.66. The number of imide groups is 2. The molecule has 4 atom stereocenters. The molecule has 3 aliphatic rings. The van der Waals surface area contributed by atoms with Crippen molar-refractivity contribution < 1.29 is 71.3 Å². The number of carbonyl (C=O) groups excluding carboxylic acids is 6. The number of amides is 4. The molecule has 4 N–H and O–H groups in total. The molecule has 20 nitrogen and oxygen atoms in total. The molecule has 5 rings (SSSR count). The minimum atomic E-state index is -3.83. The predicted octanol–water partition coefficient (Wildman–Crippen LogP) is -0.597. The van der Waals surface area contributed by atoms with Crippen molar-refractivity contribution in [3.05, 3.63) is 63.1 Å². The highest BCUT2D eigenvalue weighted by atomic mass is 35.5. The van der Waals surface area contributed by atoms with Gasteiger partial charge in [0, 0.05) is 55.0 Å². The Morgan fingerprint density at radius 2 is 1.42 bits per heavy atom. The van der Waals surface area contributed by atoms with Crippen molar-refractivity contribution in [1.29, 1.82) is 0 Å². The number of hydroxylamine groups is 4. The highest BCUT2D eigenvalue weighted by Crippen LogP contribution is 2.38. The van der Waals surface area contributed by atoms with Gasteiger partial charge in [0.2, 0.25) is 10.0 Å². The summed E-state index contributed by atoms with van der Waals surface area (Å²) in [6.45, 7) is 2.44. The summed E-state index contributed by atoms with van der Waals surface area (Å²) in [5.41, 5.74) is 2.76. The number of sulfonamides is 1. The third-order valence-corrected chi connectivity index (χ3v) is 11.3. The summed E-state index contributed by atoms with van der Waals surface area (Å²) in [6, 6.07) is 9.25. The van der Waals surface area contributed by atoms with Crippen LogP contribution in [0.2, 0.25) is 10.0 Å². The molecule has 0 spiro atoms. The molecule has 0 aromatic heterocycles. The Labute approximate surface area is 348 Å². The minimum Gasteiger partial charge on any atom is -0.379 e. The van der Waals surface area contributed by atoms with Gasteiger partial charge in [0.1, 0.15) is 0 Å². The second-order valence-corrected chi connectivity index (χ2v) is 16.2. The fourth-order valence-corrected chi connectivity index (χ4v) is 7.91. The fourth-order valence-electron chi connectivity index (χ4n) is 6.28. The monoisotopic (exact) mass is 887 g/mol. The summed E-state index contributed by atoms with van der Waals surface area (Å²) >= 11 is 12.8. The topological polar surface area (TPSA) is 257 Å². The summed E-state index contributed by atoms with van der Waals surface area (Å²) < 4.78 is 45.1. The zero-order valence-corrected chi connectivity index (χ0v) is 34.0. The number of hydrogen-bond acceptors (Lipinski definition) is 17. The number of ether oxygens (including phenoxy) is 3. The molecule has 3 heterocycles. The summed E-state index contributed by atoms with van der Waals surface area (Å²) in [5.74, 6) is -7.27. The molecule has 2 fully saturated rings. The van der Waals surface area contributed by atoms with E-state index in [0.29, 0.717) is 23.1 Å². The van der Waals surface area contributed by atoms with Crippen LogP contribution in [0.3, 0.4) is 0 Å². The summed E-state index contributed by atoms with van der Waals surface area (Å²) in [7, 11) is -1.85. The van der Waals surface area contributed by atoms with E-state index in [1.807, 2.05) is 19.2 Å². The van der Waals surface area contributed by atoms with Crippen molar-refractivity contribution in [3.8, 4) is 0 Å². The van der Waals surface area contributed by atoms with Gasteiger partial charge in [-0.15, -0.1) is 10.1 Å². The molecular weight excluding hydrogens is 845 g/mol. The van der Waals surface area contributed by atoms with E-state index in [9.17, 15) is 47.4 Å². The van der Waals surface area contributed by atoms with Crippen molar-refractivity contribution in [2.75, 3.05) is 66.3 Å². The van der Waals surface area contributed by atoms with Crippen molar-refractivity contribution >= 4 is 68.8 Å². The highest BCUT2D eigenvalue weighted by molar-refractivity contribution is 7.89. The van der Waals surface area contributed by atoms with E-state index < -0.39 is 70.3 Å². The molecule has 59 heavy (non-hydrogen) atoms. The Balaban J connectivity index is 0.911. The molecule has 2 saturated heterocycles. The average molecular weight is 889 g/mol. The molecule has 4 unspecified atom stereocenters. The van der Waals surface area contributed by atoms with Gasteiger partial charge in [-0.1, -0.05) is 35.3 Å². The van der Waals surface area contributed by atoms with E-state index in [-0.39, 0.29) is 86.5 Å². The minimum absolute atomic E-state index is 0.0345. The standard InChI is InChI=1S/C36H43Cl2N5O15S/c1-41-19-25(24-16-22(37)17-27(38)26(24)20-41)21-3-2-4-23(15-21)59(52,53)40-8-10-55-12-14-56-13-11-54-9-7-39-28-18-31(46)43(34(28)49)58-36(51)33(48)32(47)35(50)57-42-29(44)5-6-30(42)45/h2-4,15-17,25,28,32-33,39-40,47-48H,5-14,18-20H2,1H3. The fraction of sp³-hybridized carbons (Fsp3) is 0.500. The van der Waals surface area contributed by atoms with Gasteiger partial charge in [0.25, 0.3) is 23.6 Å². The van der Waals surface area contributed by atoms with Crippen molar-refractivity contribution in [3.63, 3.8) is 0 Å². The Kier molecular flexibility index (Phi) is 16.3. The van der Waals surface area contributed by atoms with Crippen LogP contribution in [0.15, 0.2) is 41.3 Å². The van der Waals surface area contributed by atoms with Crippen LogP contribution >= 0.6 is 23.2 Å². The number of hydrogen-bond donors (Lipinski definition) is 4. The number of nitrogens with zero attached hydrogens (tertiary/aromatic N) is 3. The van der Waals surface area contributed by atoms with Crippen molar-refractivity contribution in [2.24, 2.45) is 0 Å². The van der Waals surface area contributed by atoms with Gasteiger partial charge in [0.15, 0.2) is 12.2 Å². The van der Waals surface area contributed by atoms with Gasteiger partial charge in [0.05, 0.1) is 57.0 Å². The van der Waals surface area contributed by atoms with Gasteiger partial charge >= 0.3 is 11.9 Å². The lowest BCUT2D eigenvalue weighted by Gasteiger charge is -2.33. The number of carbonyl (C=O) groups is 6. The normalized spacial score (nSPS) is 19.6. The first-order chi connectivity index (χ1) is 28.1. The molecule has 23 heteroatoms. The maximum absolute atomic E-state index is 13.1. The van der Waals surface area contributed by atoms with Crippen molar-refractivity contribution in [2.45, 2.75) is 54.9 Å². The first-order valence-corrected chi connectivity index (χ1v) is 20.6. The lowest BCUT2D eigenvalue weighted by atomic mass is 9.85. The number of fused-ring (bicyclic) bond motifs is 1. The van der Waals surface area contributed by atoms with Crippen LogP contribution in [0.1, 0.15) is 41.9 Å². The molecule has 2 aromatic carbocycles. The maximum Gasteiger partial charge on any atom is 0.364 e. The largest absolute Gasteiger partial charge is 0.379 e. The Hall–Kier alpha value is -4.13. The second-order valence-electron chi connectivity index (χ2n) is 13.5. The third-order valence-electron chi connectivity index (χ3n) is 9.24. The molecule has 4 amide bonds. The summed E-state index contributed by atoms with van der Waals surface area (Å²) in [4.78, 5) is 83.5. The van der Waals surface area contributed by atoms with Crippen LogP contribution in [0, 0.1) is 0 Å². The first kappa shape index (κ1) is 45.9. The maximum atomic E-state index is 13.1. The predicted molar refractivity (Wildman–Crippen MR) is 202 cm³/mol. The SMILES string of the molecule is CN1Cc2c(Cl)cc(Cl)cc2C(c2cccc(S(=O)(=O)NCCOCCOCCOCCNC3CC(=O)N(OC(=O)C(O)C(O)C(=O)ON4C(=O)CCC4=O)C3=O)c2)C1. The summed E-state index contributed by atoms with van der Waals surface area (Å²) in [6.07, 6.45) is -6.12. The molecule has 0 radical (unpaired) electrons. The van der Waals surface area contributed by atoms with Crippen LogP contribution in [0.4, 0.5) is 0 Å². The number of benzene rings is 2. The van der Waals surface area contributed by atoms with E-state index in [2.05, 4.69) is 24.6 Å². The van der Waals surface area contributed by atoms with Crippen molar-refractivity contribution in [1.82, 2.24) is 25.1 Å². The number of aliphatic hydroxyl groups is 2. The second kappa shape index (κ2) is 20.9. The van der Waals surface area contributed by atoms with Gasteiger partial charge < -0.3 is 44.3 Å². The Morgan fingerprint density at radius 1 is 0.831 bits per heavy atom. The quantitative estimate of drug-likeness (QED) is 0.0902. The number of halogens is 2. The zero-order valence-electron chi connectivity index (χ0n) is 31.7. The molecule has 0 aliphatic carbocycles. The zero-order chi connectivity index (χ0) is 42.9. The smallest absolute Gasteiger partial charge is 0.364 e. The number of aliphatic hydroxyl groups excluding tert-OH is 2. The van der Waals surface area contributed by atoms with E-state index in [4.69, 9.17) is 37.4 Å². The van der Waals surface area contributed by atoms with Gasteiger partial charge in [-0.2, -0.15) is 0 Å². The number of rotatable bonds is 21. The van der Waals surface area contributed by atoms with Gasteiger partial charge in [-0.05, 0) is 48.0 Å². The molecule has 3 aliphatic heterocycles. The molecular formula is C36H43Cl2N5O15S. The van der Waals surface area contributed by atoms with Crippen LogP contribution in [0.25, 0.3) is 0 Å². The molecule has 2 aromatic rings. The summed E-state index contributed by atoms with van der Waals surface area (Å²) in [5, 5.41) is 23.9. The van der Waals surface area contributed by atoms with E-state index >= 15 is 0 Å². The molecule has 0 saturated carbocycles. The van der Waals surface area contributed by atoms with Crippen LogP contribution in [-0.2, 0) is 69.2 Å². The number of likely N-dealkylation sites (N-methyl/N-ethyl adjacent to an activating group) is 1. The lowest BCUT2D eigenvalue weighted by molar-refractivity contribution is -0.216. The van der Waals surface area contributed by atoms with E-state index in [0.717, 1.165) is 16.7 Å². The first-order valence-electron chi connectivity index (χ1n) is 18.3. The molecule has 0 bridgehead atoms. The van der Waals surface area contributed by atoms with Crippen LogP contribution < -0.4 is 10.0 Å². The number of nitrogens with one attached hydrogen (secondary N) is 2. The Bertz CT molecular complexity index is 2010. The van der Waals surface area contributed by atoms with Gasteiger partial charge in [-0.3, -0.25) is 19.2 Å². The van der Waals surface area contributed by atoms with E-state index in [1.54, 1.807) is 18.2 Å². The van der Waals surface area contributed by atoms with Gasteiger partial charge in [-0.25, -0.2) is 22.7 Å². The third kappa shape index (κ3) is 12.0. The van der Waals surface area contributed by atoms with E-state index in [1.165, 1.54) is 6.07 Å². The lowest BCUT2D eigenvalue weighted by Crippen LogP contribution is -2.48.